The van der Waals surface area contributed by atoms with E-state index in [1.807, 2.05) is 59.1 Å². The van der Waals surface area contributed by atoms with Crippen LogP contribution < -0.4 is 15.6 Å². The van der Waals surface area contributed by atoms with Crippen LogP contribution in [0, 0.1) is 6.92 Å². The molecule has 0 unspecified atom stereocenters. The molecule has 0 radical (unpaired) electrons. The minimum atomic E-state index is 0. The lowest BCUT2D eigenvalue weighted by atomic mass is 10.1. The average Bonchev–Trinajstić information content (AvgIpc) is 2.86. The first kappa shape index (κ1) is 14.2. The molecule has 0 spiro atoms. The predicted molar refractivity (Wildman–Crippen MR) is 85.1 cm³/mol. The topological polar surface area (TPSA) is 73.3 Å². The third-order valence-corrected chi connectivity index (χ3v) is 3.88. The minimum absolute atomic E-state index is 0. The van der Waals surface area contributed by atoms with Gasteiger partial charge in [-0.2, -0.15) is 5.01 Å². The van der Waals surface area contributed by atoms with Crippen LogP contribution in [0.15, 0.2) is 66.2 Å². The number of aliphatic hydroxyl groups is 1. The summed E-state index contributed by atoms with van der Waals surface area (Å²) in [6.45, 7) is 2.05. The number of hydrogen-bond donors (Lipinski definition) is 2. The van der Waals surface area contributed by atoms with Gasteiger partial charge in [0, 0.05) is 5.56 Å². The first-order chi connectivity index (χ1) is 10.2. The van der Waals surface area contributed by atoms with Gasteiger partial charge in [0.1, 0.15) is 11.4 Å². The second-order valence-electron chi connectivity index (χ2n) is 5.29. The highest BCUT2D eigenvalue weighted by Gasteiger charge is 2.36. The maximum Gasteiger partial charge on any atom is 0.271 e. The number of nitrogens with two attached hydrogens (primary N) is 1. The zero-order valence-corrected chi connectivity index (χ0v) is 12.1. The predicted octanol–water partition coefficient (Wildman–Crippen LogP) is 2.29. The van der Waals surface area contributed by atoms with Crippen molar-refractivity contribution in [2.24, 2.45) is 0 Å². The molecule has 2 aliphatic rings. The molecule has 4 N–H and O–H groups in total. The van der Waals surface area contributed by atoms with Crippen LogP contribution in [0.5, 0.6) is 0 Å². The molecule has 0 saturated heterocycles. The van der Waals surface area contributed by atoms with E-state index >= 15 is 0 Å². The molecule has 0 saturated carbocycles. The Morgan fingerprint density at radius 1 is 0.909 bits per heavy atom. The van der Waals surface area contributed by atoms with Crippen LogP contribution in [0.4, 0.5) is 11.4 Å². The Kier molecular flexibility index (Phi) is 3.36. The van der Waals surface area contributed by atoms with E-state index in [-0.39, 0.29) is 11.4 Å². The maximum absolute atomic E-state index is 10.5. The number of nitrogens with zero attached hydrogens (tertiary/aromatic N) is 2. The Labute approximate surface area is 128 Å². The van der Waals surface area contributed by atoms with Crippen molar-refractivity contribution in [3.8, 4) is 0 Å². The van der Waals surface area contributed by atoms with Crippen LogP contribution in [0.25, 0.3) is 6.08 Å². The van der Waals surface area contributed by atoms with Gasteiger partial charge in [0.15, 0.2) is 5.70 Å². The summed E-state index contributed by atoms with van der Waals surface area (Å²) in [4.78, 5) is 0. The fourth-order valence-electron chi connectivity index (χ4n) is 2.72. The molecule has 5 nitrogen and oxygen atoms in total. The van der Waals surface area contributed by atoms with Crippen molar-refractivity contribution < 1.29 is 16.1 Å². The fraction of sp³-hybridized carbons (Fsp3) is 0.0588. The number of hydrogen-bond acceptors (Lipinski definition) is 4. The molecule has 2 heterocycles. The van der Waals surface area contributed by atoms with Crippen molar-refractivity contribution >= 4 is 17.5 Å². The number of aryl methyl sites for hydroxylation is 1. The van der Waals surface area contributed by atoms with Gasteiger partial charge >= 0.3 is 0 Å². The van der Waals surface area contributed by atoms with E-state index in [2.05, 4.69) is 19.1 Å². The van der Waals surface area contributed by atoms with E-state index < -0.39 is 0 Å². The summed E-state index contributed by atoms with van der Waals surface area (Å²) in [6, 6.07) is 16.3. The van der Waals surface area contributed by atoms with Gasteiger partial charge in [-0.3, -0.25) is 0 Å². The zero-order chi connectivity index (χ0) is 14.4. The number of quaternary nitrogens is 1. The van der Waals surface area contributed by atoms with E-state index in [9.17, 15) is 5.11 Å². The molecule has 4 rings (SSSR count). The summed E-state index contributed by atoms with van der Waals surface area (Å²) in [5.74, 6) is 0.254. The molecule has 2 aromatic carbocycles. The van der Waals surface area contributed by atoms with Gasteiger partial charge in [0.05, 0.1) is 0 Å². The molecular weight excluding hydrogens is 278 g/mol. The minimum Gasteiger partial charge on any atom is -0.870 e. The summed E-state index contributed by atoms with van der Waals surface area (Å²) < 4.78 is 0. The zero-order valence-electron chi connectivity index (χ0n) is 12.1. The Morgan fingerprint density at radius 2 is 1.64 bits per heavy atom. The lowest BCUT2D eigenvalue weighted by Gasteiger charge is -2.22. The first-order valence-electron chi connectivity index (χ1n) is 6.94. The van der Waals surface area contributed by atoms with E-state index in [1.165, 1.54) is 5.56 Å². The normalized spacial score (nSPS) is 15.5. The SMILES string of the molecule is Cc1ccc(N2[NH2+]N3C(=C2O)C=Cc2ccccc23)cc1.[OH-]. The van der Waals surface area contributed by atoms with E-state index in [0.717, 1.165) is 22.6 Å². The monoisotopic (exact) mass is 295 g/mol. The molecule has 112 valence electrons. The van der Waals surface area contributed by atoms with Crippen LogP contribution >= 0.6 is 0 Å². The maximum atomic E-state index is 10.5. The van der Waals surface area contributed by atoms with Gasteiger partial charge < -0.3 is 10.6 Å². The number of para-hydroxylation sites is 1. The molecule has 2 aliphatic heterocycles. The van der Waals surface area contributed by atoms with Gasteiger partial charge in [0.25, 0.3) is 5.88 Å². The largest absolute Gasteiger partial charge is 0.870 e. The van der Waals surface area contributed by atoms with Crippen LogP contribution in [0.3, 0.4) is 0 Å². The molecule has 5 heteroatoms. The lowest BCUT2D eigenvalue weighted by molar-refractivity contribution is -0.661. The highest BCUT2D eigenvalue weighted by Crippen LogP contribution is 2.32. The van der Waals surface area contributed by atoms with Crippen molar-refractivity contribution in [1.29, 1.82) is 0 Å². The summed E-state index contributed by atoms with van der Waals surface area (Å²) in [5, 5.41) is 14.3. The average molecular weight is 295 g/mol. The smallest absolute Gasteiger partial charge is 0.271 e. The molecule has 0 fully saturated rings. The summed E-state index contributed by atoms with van der Waals surface area (Å²) in [6.07, 6.45) is 3.98. The third-order valence-electron chi connectivity index (χ3n) is 3.88. The van der Waals surface area contributed by atoms with Crippen molar-refractivity contribution in [3.05, 3.63) is 77.3 Å². The van der Waals surface area contributed by atoms with Crippen LogP contribution in [-0.4, -0.2) is 10.6 Å². The van der Waals surface area contributed by atoms with Crippen LogP contribution in [0.2, 0.25) is 0 Å². The van der Waals surface area contributed by atoms with E-state index in [0.29, 0.717) is 0 Å². The van der Waals surface area contributed by atoms with E-state index in [1.54, 1.807) is 5.01 Å². The summed E-state index contributed by atoms with van der Waals surface area (Å²) in [7, 11) is 0. The van der Waals surface area contributed by atoms with Crippen LogP contribution in [-0.2, 0) is 0 Å². The molecule has 0 aromatic heterocycles. The standard InChI is InChI=1S/C17H15N3O.H2O/c1-12-6-9-14(10-7-12)19-17(21)16-11-8-13-4-2-3-5-15(13)20(16)18-19;/h2-11,18,21H,1H3;1H2. The molecule has 0 amide bonds. The number of aliphatic hydroxyl groups excluding tert-OH is 1. The first-order valence-corrected chi connectivity index (χ1v) is 6.94. The van der Waals surface area contributed by atoms with E-state index in [4.69, 9.17) is 0 Å². The van der Waals surface area contributed by atoms with Gasteiger partial charge in [-0.05, 0) is 31.2 Å². The molecular formula is C17H17N3O2. The highest BCUT2D eigenvalue weighted by molar-refractivity contribution is 5.76. The summed E-state index contributed by atoms with van der Waals surface area (Å²) in [5.41, 5.74) is 7.11. The van der Waals surface area contributed by atoms with Crippen LogP contribution in [0.1, 0.15) is 11.1 Å². The van der Waals surface area contributed by atoms with Gasteiger partial charge in [-0.15, -0.1) is 10.5 Å². The number of rotatable bonds is 1. The fourth-order valence-corrected chi connectivity index (χ4v) is 2.72. The molecule has 0 bridgehead atoms. The number of anilines is 2. The Morgan fingerprint density at radius 3 is 2.41 bits per heavy atom. The second kappa shape index (κ2) is 5.22. The molecule has 2 aromatic rings. The lowest BCUT2D eigenvalue weighted by Crippen LogP contribution is -2.99. The Bertz CT molecular complexity index is 766. The quantitative estimate of drug-likeness (QED) is 0.792. The molecule has 22 heavy (non-hydrogen) atoms. The van der Waals surface area contributed by atoms with Gasteiger partial charge in [-0.25, -0.2) is 0 Å². The van der Waals surface area contributed by atoms with Gasteiger partial charge in [0.2, 0.25) is 0 Å². The number of benzene rings is 2. The number of allylic oxidation sites excluding steroid dienone is 1. The number of fused-ring (bicyclic) bond motifs is 3. The van der Waals surface area contributed by atoms with Crippen molar-refractivity contribution in [2.45, 2.75) is 6.92 Å². The second-order valence-corrected chi connectivity index (χ2v) is 5.29. The highest BCUT2D eigenvalue weighted by atomic mass is 16.3. The molecule has 0 atom stereocenters. The summed E-state index contributed by atoms with van der Waals surface area (Å²) >= 11 is 0. The molecule has 0 aliphatic carbocycles. The third kappa shape index (κ3) is 2.04. The van der Waals surface area contributed by atoms with Crippen molar-refractivity contribution in [2.75, 3.05) is 10.0 Å². The van der Waals surface area contributed by atoms with Gasteiger partial charge in [-0.1, -0.05) is 42.0 Å². The van der Waals surface area contributed by atoms with Crippen molar-refractivity contribution in [3.63, 3.8) is 0 Å². The van der Waals surface area contributed by atoms with Crippen molar-refractivity contribution in [1.82, 2.24) is 0 Å². The Hall–Kier alpha value is -2.76. The Balaban J connectivity index is 0.00000144.